The summed E-state index contributed by atoms with van der Waals surface area (Å²) in [6, 6.07) is 3.64. The summed E-state index contributed by atoms with van der Waals surface area (Å²) in [5, 5.41) is 10.4. The molecule has 0 fully saturated rings. The molecule has 0 bridgehead atoms. The third-order valence-electron chi connectivity index (χ3n) is 2.45. The van der Waals surface area contributed by atoms with Gasteiger partial charge in [-0.1, -0.05) is 0 Å². The molecule has 0 saturated heterocycles. The first kappa shape index (κ1) is 11.3. The quantitative estimate of drug-likeness (QED) is 0.681. The first-order valence-electron chi connectivity index (χ1n) is 5.00. The first-order valence-corrected chi connectivity index (χ1v) is 5.00. The molecular formula is C11H13N3O3. The zero-order chi connectivity index (χ0) is 12.4. The molecular weight excluding hydrogens is 222 g/mol. The Kier molecular flexibility index (Phi) is 2.88. The van der Waals surface area contributed by atoms with Crippen molar-refractivity contribution in [2.45, 2.75) is 0 Å². The van der Waals surface area contributed by atoms with Gasteiger partial charge in [-0.05, 0) is 23.8 Å². The Hall–Kier alpha value is -2.21. The first-order chi connectivity index (χ1) is 8.11. The monoisotopic (exact) mass is 235 g/mol. The summed E-state index contributed by atoms with van der Waals surface area (Å²) in [5.41, 5.74) is 8.38. The molecule has 1 aliphatic heterocycles. The van der Waals surface area contributed by atoms with Gasteiger partial charge in [0.1, 0.15) is 11.4 Å². The summed E-state index contributed by atoms with van der Waals surface area (Å²) < 4.78 is 5.24. The number of nitrogens with one attached hydrogen (secondary N) is 2. The molecule has 0 aromatic heterocycles. The highest BCUT2D eigenvalue weighted by Crippen LogP contribution is 2.38. The van der Waals surface area contributed by atoms with Crippen molar-refractivity contribution in [2.75, 3.05) is 24.6 Å². The van der Waals surface area contributed by atoms with Crippen LogP contribution >= 0.6 is 0 Å². The van der Waals surface area contributed by atoms with Gasteiger partial charge in [0.2, 0.25) is 0 Å². The van der Waals surface area contributed by atoms with Gasteiger partial charge in [-0.3, -0.25) is 10.4 Å². The number of fused-ring (bicyclic) bond motifs is 1. The predicted octanol–water partition coefficient (Wildman–Crippen LogP) is 1.07. The number of nitrogens with zero attached hydrogens (tertiary/aromatic N) is 1. The van der Waals surface area contributed by atoms with Crippen LogP contribution < -0.4 is 20.7 Å². The van der Waals surface area contributed by atoms with Gasteiger partial charge in [-0.15, -0.1) is 5.53 Å². The van der Waals surface area contributed by atoms with Crippen molar-refractivity contribution in [2.24, 2.45) is 0 Å². The molecule has 17 heavy (non-hydrogen) atoms. The van der Waals surface area contributed by atoms with E-state index in [0.717, 1.165) is 23.0 Å². The number of anilines is 2. The van der Waals surface area contributed by atoms with Crippen LogP contribution in [-0.4, -0.2) is 25.2 Å². The lowest BCUT2D eigenvalue weighted by molar-refractivity contribution is -0.131. The Bertz CT molecular complexity index is 485. The Morgan fingerprint density at radius 1 is 1.53 bits per heavy atom. The molecule has 1 aromatic rings. The maximum Gasteiger partial charge on any atom is 0.328 e. The molecule has 0 spiro atoms. The minimum absolute atomic E-state index is 0.657. The summed E-state index contributed by atoms with van der Waals surface area (Å²) in [7, 11) is 3.42. The fourth-order valence-electron chi connectivity index (χ4n) is 1.64. The van der Waals surface area contributed by atoms with Crippen LogP contribution in [0.3, 0.4) is 0 Å². The van der Waals surface area contributed by atoms with Gasteiger partial charge in [0.05, 0.1) is 12.8 Å². The van der Waals surface area contributed by atoms with Crippen molar-refractivity contribution in [3.05, 3.63) is 23.8 Å². The minimum Gasteiger partial charge on any atom is -0.494 e. The molecule has 0 aliphatic carbocycles. The van der Waals surface area contributed by atoms with Crippen LogP contribution in [0, 0.1) is 0 Å². The van der Waals surface area contributed by atoms with E-state index in [1.54, 1.807) is 18.2 Å². The highest BCUT2D eigenvalue weighted by Gasteiger charge is 2.19. The number of methoxy groups -OCH3 is 1. The van der Waals surface area contributed by atoms with E-state index in [2.05, 4.69) is 11.0 Å². The number of benzene rings is 1. The topological polar surface area (TPSA) is 73.8 Å². The summed E-state index contributed by atoms with van der Waals surface area (Å²) >= 11 is 0. The van der Waals surface area contributed by atoms with Crippen molar-refractivity contribution in [3.8, 4) is 5.75 Å². The second kappa shape index (κ2) is 4.34. The number of rotatable bonds is 3. The van der Waals surface area contributed by atoms with Gasteiger partial charge in [0.15, 0.2) is 0 Å². The SMILES string of the molecule is COc1cc(C=CC(=O)O)cc2c1NNN2C. The zero-order valence-corrected chi connectivity index (χ0v) is 9.52. The molecule has 1 aromatic carbocycles. The average Bonchev–Trinajstić information content (AvgIpc) is 2.68. The molecule has 0 saturated carbocycles. The van der Waals surface area contributed by atoms with Crippen LogP contribution in [0.15, 0.2) is 18.2 Å². The second-order valence-electron chi connectivity index (χ2n) is 3.58. The Morgan fingerprint density at radius 2 is 2.29 bits per heavy atom. The molecule has 2 rings (SSSR count). The van der Waals surface area contributed by atoms with E-state index in [-0.39, 0.29) is 0 Å². The van der Waals surface area contributed by atoms with Crippen LogP contribution in [0.4, 0.5) is 11.4 Å². The molecule has 0 amide bonds. The lowest BCUT2D eigenvalue weighted by atomic mass is 10.1. The largest absolute Gasteiger partial charge is 0.494 e. The minimum atomic E-state index is -0.978. The summed E-state index contributed by atoms with van der Waals surface area (Å²) in [5.74, 6) is -0.321. The fourth-order valence-corrected chi connectivity index (χ4v) is 1.64. The van der Waals surface area contributed by atoms with Crippen LogP contribution in [-0.2, 0) is 4.79 Å². The molecule has 1 heterocycles. The van der Waals surface area contributed by atoms with Crippen LogP contribution in [0.2, 0.25) is 0 Å². The Labute approximate surface area is 98.4 Å². The average molecular weight is 235 g/mol. The van der Waals surface area contributed by atoms with E-state index < -0.39 is 5.97 Å². The number of hydrogen-bond donors (Lipinski definition) is 3. The number of ether oxygens (including phenoxy) is 1. The fraction of sp³-hybridized carbons (Fsp3) is 0.182. The number of hydrogen-bond acceptors (Lipinski definition) is 5. The summed E-state index contributed by atoms with van der Waals surface area (Å²) in [6.45, 7) is 0. The Morgan fingerprint density at radius 3 is 2.94 bits per heavy atom. The number of carbonyl (C=O) groups is 1. The van der Waals surface area contributed by atoms with E-state index in [0.29, 0.717) is 5.75 Å². The third-order valence-corrected chi connectivity index (χ3v) is 2.45. The van der Waals surface area contributed by atoms with Gasteiger partial charge >= 0.3 is 5.97 Å². The third kappa shape index (κ3) is 2.16. The van der Waals surface area contributed by atoms with E-state index in [9.17, 15) is 4.79 Å². The lowest BCUT2D eigenvalue weighted by Gasteiger charge is -2.11. The highest BCUT2D eigenvalue weighted by atomic mass is 16.5. The molecule has 6 heteroatoms. The molecule has 6 nitrogen and oxygen atoms in total. The number of hydrazine groups is 2. The molecule has 0 atom stereocenters. The van der Waals surface area contributed by atoms with E-state index in [4.69, 9.17) is 9.84 Å². The maximum atomic E-state index is 10.5. The van der Waals surface area contributed by atoms with Gasteiger partial charge in [-0.25, -0.2) is 4.79 Å². The molecule has 3 N–H and O–H groups in total. The lowest BCUT2D eigenvalue weighted by Crippen LogP contribution is -2.31. The zero-order valence-electron chi connectivity index (χ0n) is 9.52. The van der Waals surface area contributed by atoms with Crippen molar-refractivity contribution < 1.29 is 14.6 Å². The van der Waals surface area contributed by atoms with Gasteiger partial charge in [0.25, 0.3) is 0 Å². The van der Waals surface area contributed by atoms with Gasteiger partial charge < -0.3 is 9.84 Å². The molecule has 90 valence electrons. The van der Waals surface area contributed by atoms with E-state index in [1.165, 1.54) is 6.08 Å². The molecule has 0 radical (unpaired) electrons. The molecule has 0 unspecified atom stereocenters. The van der Waals surface area contributed by atoms with Crippen LogP contribution in [0.25, 0.3) is 6.08 Å². The predicted molar refractivity (Wildman–Crippen MR) is 64.8 cm³/mol. The van der Waals surface area contributed by atoms with Crippen molar-refractivity contribution in [1.29, 1.82) is 0 Å². The smallest absolute Gasteiger partial charge is 0.328 e. The second-order valence-corrected chi connectivity index (χ2v) is 3.58. The number of carboxylic acid groups (broad SMARTS) is 1. The van der Waals surface area contributed by atoms with Gasteiger partial charge in [0, 0.05) is 13.1 Å². The highest BCUT2D eigenvalue weighted by molar-refractivity contribution is 5.87. The summed E-state index contributed by atoms with van der Waals surface area (Å²) in [4.78, 5) is 10.5. The standard InChI is InChI=1S/C11H13N3O3/c1-14-8-5-7(3-4-10(15)16)6-9(17-2)11(8)12-13-14/h3-6,12-13H,1-2H3,(H,15,16). The number of carboxylic acids is 1. The van der Waals surface area contributed by atoms with Crippen molar-refractivity contribution in [3.63, 3.8) is 0 Å². The van der Waals surface area contributed by atoms with Crippen LogP contribution in [0.1, 0.15) is 5.56 Å². The van der Waals surface area contributed by atoms with Crippen LogP contribution in [0.5, 0.6) is 5.75 Å². The van der Waals surface area contributed by atoms with E-state index in [1.807, 2.05) is 13.1 Å². The van der Waals surface area contributed by atoms with Crippen molar-refractivity contribution in [1.82, 2.24) is 5.53 Å². The number of aliphatic carboxylic acids is 1. The van der Waals surface area contributed by atoms with Crippen molar-refractivity contribution >= 4 is 23.4 Å². The van der Waals surface area contributed by atoms with E-state index >= 15 is 0 Å². The van der Waals surface area contributed by atoms with Gasteiger partial charge in [-0.2, -0.15) is 0 Å². The maximum absolute atomic E-state index is 10.5. The molecule has 1 aliphatic rings. The Balaban J connectivity index is 2.43. The summed E-state index contributed by atoms with van der Waals surface area (Å²) in [6.07, 6.45) is 2.62. The normalized spacial score (nSPS) is 13.6.